The summed E-state index contributed by atoms with van der Waals surface area (Å²) in [5.41, 5.74) is 0.935. The smallest absolute Gasteiger partial charge is 0.119 e. The Morgan fingerprint density at radius 1 is 1.37 bits per heavy atom. The predicted molar refractivity (Wildman–Crippen MR) is 74.4 cm³/mol. The first kappa shape index (κ1) is 14.3. The highest BCUT2D eigenvalue weighted by molar-refractivity contribution is 5.28. The topological polar surface area (TPSA) is 41.9 Å². The fraction of sp³-hybridized carbons (Fsp3) is 0.600. The Hall–Kier alpha value is -1.10. The fourth-order valence-electron chi connectivity index (χ4n) is 2.46. The summed E-state index contributed by atoms with van der Waals surface area (Å²) in [6.45, 7) is 5.18. The van der Waals surface area contributed by atoms with E-state index in [4.69, 9.17) is 9.47 Å². The third-order valence-electron chi connectivity index (χ3n) is 3.57. The van der Waals surface area contributed by atoms with Gasteiger partial charge in [0, 0.05) is 26.7 Å². The van der Waals surface area contributed by atoms with E-state index in [1.807, 2.05) is 31.2 Å². The second-order valence-electron chi connectivity index (χ2n) is 4.92. The Kier molecular flexibility index (Phi) is 5.19. The molecule has 0 spiro atoms. The average molecular weight is 265 g/mol. The van der Waals surface area contributed by atoms with E-state index in [0.717, 1.165) is 30.8 Å². The Labute approximate surface area is 114 Å². The van der Waals surface area contributed by atoms with E-state index in [1.54, 1.807) is 7.11 Å². The van der Waals surface area contributed by atoms with Crippen LogP contribution < -0.4 is 4.74 Å². The van der Waals surface area contributed by atoms with Crippen molar-refractivity contribution in [1.29, 1.82) is 0 Å². The summed E-state index contributed by atoms with van der Waals surface area (Å²) in [5.74, 6) is 0.846. The molecule has 1 aromatic carbocycles. The van der Waals surface area contributed by atoms with Crippen LogP contribution in [0.25, 0.3) is 0 Å². The lowest BCUT2D eigenvalue weighted by Crippen LogP contribution is -2.27. The highest BCUT2D eigenvalue weighted by Gasteiger charge is 2.24. The molecule has 0 amide bonds. The molecule has 106 valence electrons. The van der Waals surface area contributed by atoms with Crippen molar-refractivity contribution in [3.05, 3.63) is 29.8 Å². The number of hydrogen-bond donors (Lipinski definition) is 1. The number of aliphatic hydroxyl groups is 1. The molecule has 1 aromatic rings. The number of methoxy groups -OCH3 is 1. The van der Waals surface area contributed by atoms with Crippen LogP contribution in [-0.2, 0) is 4.74 Å². The molecule has 0 aliphatic carbocycles. The lowest BCUT2D eigenvalue weighted by Gasteiger charge is -2.20. The number of β-amino-alcohol motifs (C(OH)–C–C–N with tert-alkyl or cyclic N) is 1. The van der Waals surface area contributed by atoms with Crippen LogP contribution in [0.3, 0.4) is 0 Å². The molecule has 0 radical (unpaired) electrons. The molecular weight excluding hydrogens is 242 g/mol. The normalized spacial score (nSPS) is 21.5. The second kappa shape index (κ2) is 6.89. The lowest BCUT2D eigenvalue weighted by molar-refractivity contribution is 0.0898. The van der Waals surface area contributed by atoms with Crippen LogP contribution in [0.5, 0.6) is 5.75 Å². The minimum Gasteiger partial charge on any atom is -0.494 e. The maximum atomic E-state index is 10.2. The monoisotopic (exact) mass is 265 g/mol. The third kappa shape index (κ3) is 3.93. The van der Waals surface area contributed by atoms with Gasteiger partial charge in [-0.2, -0.15) is 0 Å². The number of rotatable bonds is 6. The van der Waals surface area contributed by atoms with Gasteiger partial charge in [0.1, 0.15) is 5.75 Å². The first-order valence-electron chi connectivity index (χ1n) is 6.89. The maximum absolute atomic E-state index is 10.2. The van der Waals surface area contributed by atoms with Crippen LogP contribution >= 0.6 is 0 Å². The first-order chi connectivity index (χ1) is 9.22. The van der Waals surface area contributed by atoms with Crippen molar-refractivity contribution < 1.29 is 14.6 Å². The van der Waals surface area contributed by atoms with Gasteiger partial charge in [-0.1, -0.05) is 12.1 Å². The first-order valence-corrected chi connectivity index (χ1v) is 6.89. The Morgan fingerprint density at radius 3 is 2.68 bits per heavy atom. The van der Waals surface area contributed by atoms with E-state index in [1.165, 1.54) is 0 Å². The van der Waals surface area contributed by atoms with Crippen LogP contribution in [0, 0.1) is 0 Å². The van der Waals surface area contributed by atoms with Crippen molar-refractivity contribution in [3.8, 4) is 5.75 Å². The van der Waals surface area contributed by atoms with Crippen LogP contribution in [0.2, 0.25) is 0 Å². The van der Waals surface area contributed by atoms with Crippen molar-refractivity contribution in [2.75, 3.05) is 33.4 Å². The van der Waals surface area contributed by atoms with Crippen molar-refractivity contribution in [3.63, 3.8) is 0 Å². The van der Waals surface area contributed by atoms with Crippen molar-refractivity contribution >= 4 is 0 Å². The molecule has 2 rings (SSSR count). The predicted octanol–water partition coefficient (Wildman–Crippen LogP) is 1.84. The SMILES string of the molecule is CCOc1ccc(C(O)CN2CCC(OC)C2)cc1. The molecule has 4 heteroatoms. The minimum absolute atomic E-state index is 0.313. The van der Waals surface area contributed by atoms with Gasteiger partial charge in [0.15, 0.2) is 0 Å². The van der Waals surface area contributed by atoms with Crippen LogP contribution in [0.4, 0.5) is 0 Å². The van der Waals surface area contributed by atoms with E-state index in [2.05, 4.69) is 4.90 Å². The van der Waals surface area contributed by atoms with Gasteiger partial charge in [0.05, 0.1) is 18.8 Å². The quantitative estimate of drug-likeness (QED) is 0.852. The van der Waals surface area contributed by atoms with Gasteiger partial charge in [-0.15, -0.1) is 0 Å². The number of nitrogens with zero attached hydrogens (tertiary/aromatic N) is 1. The summed E-state index contributed by atoms with van der Waals surface area (Å²) in [5, 5.41) is 10.2. The van der Waals surface area contributed by atoms with E-state index < -0.39 is 6.10 Å². The lowest BCUT2D eigenvalue weighted by atomic mass is 10.1. The maximum Gasteiger partial charge on any atom is 0.119 e. The number of aliphatic hydroxyl groups excluding tert-OH is 1. The molecule has 1 N–H and O–H groups in total. The summed E-state index contributed by atoms with van der Waals surface area (Å²) < 4.78 is 10.7. The van der Waals surface area contributed by atoms with Gasteiger partial charge in [-0.3, -0.25) is 4.90 Å². The van der Waals surface area contributed by atoms with E-state index in [0.29, 0.717) is 19.3 Å². The molecule has 0 bridgehead atoms. The molecule has 19 heavy (non-hydrogen) atoms. The molecule has 1 aliphatic heterocycles. The van der Waals surface area contributed by atoms with Crippen LogP contribution in [0.15, 0.2) is 24.3 Å². The molecule has 2 atom stereocenters. The molecule has 1 saturated heterocycles. The van der Waals surface area contributed by atoms with Gasteiger partial charge in [-0.05, 0) is 31.0 Å². The molecule has 4 nitrogen and oxygen atoms in total. The number of ether oxygens (including phenoxy) is 2. The zero-order valence-corrected chi connectivity index (χ0v) is 11.7. The second-order valence-corrected chi connectivity index (χ2v) is 4.92. The number of hydrogen-bond acceptors (Lipinski definition) is 4. The molecule has 0 aromatic heterocycles. The van der Waals surface area contributed by atoms with Gasteiger partial charge in [-0.25, -0.2) is 0 Å². The van der Waals surface area contributed by atoms with Crippen LogP contribution in [-0.4, -0.2) is 49.5 Å². The van der Waals surface area contributed by atoms with Crippen molar-refractivity contribution in [2.24, 2.45) is 0 Å². The van der Waals surface area contributed by atoms with Gasteiger partial charge in [0.2, 0.25) is 0 Å². The third-order valence-corrected chi connectivity index (χ3v) is 3.57. The summed E-state index contributed by atoms with van der Waals surface area (Å²) in [4.78, 5) is 2.25. The summed E-state index contributed by atoms with van der Waals surface area (Å²) in [6.07, 6.45) is 0.908. The summed E-state index contributed by atoms with van der Waals surface area (Å²) in [6, 6.07) is 7.67. The van der Waals surface area contributed by atoms with Crippen molar-refractivity contribution in [2.45, 2.75) is 25.6 Å². The number of likely N-dealkylation sites (tertiary alicyclic amines) is 1. The van der Waals surface area contributed by atoms with Gasteiger partial charge >= 0.3 is 0 Å². The van der Waals surface area contributed by atoms with E-state index in [9.17, 15) is 5.11 Å². The average Bonchev–Trinajstić information content (AvgIpc) is 2.87. The summed E-state index contributed by atoms with van der Waals surface area (Å²) in [7, 11) is 1.75. The standard InChI is InChI=1S/C15H23NO3/c1-3-19-13-6-4-12(5-7-13)15(17)11-16-9-8-14(10-16)18-2/h4-7,14-15,17H,3,8-11H2,1-2H3. The minimum atomic E-state index is -0.453. The highest BCUT2D eigenvalue weighted by atomic mass is 16.5. The van der Waals surface area contributed by atoms with Crippen molar-refractivity contribution in [1.82, 2.24) is 4.90 Å². The molecule has 2 unspecified atom stereocenters. The van der Waals surface area contributed by atoms with Gasteiger partial charge < -0.3 is 14.6 Å². The van der Waals surface area contributed by atoms with E-state index in [-0.39, 0.29) is 0 Å². The Bertz CT molecular complexity index is 379. The molecular formula is C15H23NO3. The van der Waals surface area contributed by atoms with Crippen LogP contribution in [0.1, 0.15) is 25.0 Å². The Balaban J connectivity index is 1.87. The summed E-state index contributed by atoms with van der Waals surface area (Å²) >= 11 is 0. The fourth-order valence-corrected chi connectivity index (χ4v) is 2.46. The Morgan fingerprint density at radius 2 is 2.11 bits per heavy atom. The zero-order valence-electron chi connectivity index (χ0n) is 11.7. The zero-order chi connectivity index (χ0) is 13.7. The highest BCUT2D eigenvalue weighted by Crippen LogP contribution is 2.21. The largest absolute Gasteiger partial charge is 0.494 e. The molecule has 0 saturated carbocycles. The molecule has 1 aliphatic rings. The van der Waals surface area contributed by atoms with Gasteiger partial charge in [0.25, 0.3) is 0 Å². The van der Waals surface area contributed by atoms with E-state index >= 15 is 0 Å². The number of benzene rings is 1. The molecule has 1 heterocycles. The molecule has 1 fully saturated rings.